The summed E-state index contributed by atoms with van der Waals surface area (Å²) in [6.45, 7) is 7.45. The average Bonchev–Trinajstić information content (AvgIpc) is 3.07. The second-order valence-corrected chi connectivity index (χ2v) is 12.6. The summed E-state index contributed by atoms with van der Waals surface area (Å²) < 4.78 is 4.99. The molecule has 140 valence electrons. The van der Waals surface area contributed by atoms with Gasteiger partial charge in [-0.15, -0.1) is 5.54 Å². The number of hydrogen-bond acceptors (Lipinski definition) is 3. The van der Waals surface area contributed by atoms with Gasteiger partial charge in [0.2, 0.25) is 0 Å². The number of hydrogen-bond donors (Lipinski definition) is 1. The number of methoxy groups -OCH3 is 1. The fraction of sp³-hybridized carbons (Fsp3) is 0.500. The van der Waals surface area contributed by atoms with Gasteiger partial charge in [-0.1, -0.05) is 37.7 Å². The Kier molecular flexibility index (Phi) is 6.49. The molecule has 1 aliphatic rings. The van der Waals surface area contributed by atoms with Crippen molar-refractivity contribution in [3.8, 4) is 11.5 Å². The van der Waals surface area contributed by atoms with Gasteiger partial charge in [0.25, 0.3) is 0 Å². The van der Waals surface area contributed by atoms with Crippen LogP contribution < -0.4 is 0 Å². The fourth-order valence-corrected chi connectivity index (χ4v) is 3.69. The highest BCUT2D eigenvalue weighted by Crippen LogP contribution is 2.28. The van der Waals surface area contributed by atoms with Crippen LogP contribution in [0.2, 0.25) is 19.6 Å². The Morgan fingerprint density at radius 1 is 1.38 bits per heavy atom. The molecule has 6 heteroatoms. The minimum absolute atomic E-state index is 0.0183. The van der Waals surface area contributed by atoms with E-state index >= 15 is 0 Å². The van der Waals surface area contributed by atoms with Crippen LogP contribution in [0.15, 0.2) is 24.3 Å². The summed E-state index contributed by atoms with van der Waals surface area (Å²) >= 11 is 0. The van der Waals surface area contributed by atoms with Crippen molar-refractivity contribution in [1.82, 2.24) is 4.90 Å². The molecule has 2 atom stereocenters. The van der Waals surface area contributed by atoms with Gasteiger partial charge in [0.1, 0.15) is 8.07 Å². The lowest BCUT2D eigenvalue weighted by molar-refractivity contribution is -0.147. The first-order valence-electron chi connectivity index (χ1n) is 8.87. The summed E-state index contributed by atoms with van der Waals surface area (Å²) in [4.78, 5) is 24.8. The van der Waals surface area contributed by atoms with Crippen molar-refractivity contribution < 1.29 is 19.4 Å². The van der Waals surface area contributed by atoms with Crippen LogP contribution in [0, 0.1) is 23.3 Å². The van der Waals surface area contributed by atoms with E-state index in [1.807, 2.05) is 24.3 Å². The van der Waals surface area contributed by atoms with Crippen molar-refractivity contribution in [2.24, 2.45) is 11.8 Å². The summed E-state index contributed by atoms with van der Waals surface area (Å²) in [7, 11) is -0.0650. The number of carbonyl (C=O) groups is 2. The van der Waals surface area contributed by atoms with Gasteiger partial charge in [0, 0.05) is 18.7 Å². The van der Waals surface area contributed by atoms with Crippen LogP contribution in [0.5, 0.6) is 0 Å². The van der Waals surface area contributed by atoms with Crippen molar-refractivity contribution >= 4 is 20.1 Å². The van der Waals surface area contributed by atoms with Crippen molar-refractivity contribution in [3.05, 3.63) is 35.4 Å². The van der Waals surface area contributed by atoms with Crippen LogP contribution in [-0.2, 0) is 16.0 Å². The maximum Gasteiger partial charge on any atom is 0.407 e. The smallest absolute Gasteiger partial charge is 0.407 e. The molecule has 2 rings (SSSR count). The molecule has 0 saturated carbocycles. The standard InChI is InChI=1S/C20H27NO4Si/c1-25-19(22)18(17-8-10-21(14-17)20(23)24)13-16-7-5-6-15(12-16)9-11-26(2,3)4/h5-7,12,17-18H,8,10,13-14H2,1-4H3,(H,23,24)/t17-,18?/m0/s1. The van der Waals surface area contributed by atoms with E-state index in [1.54, 1.807) is 0 Å². The number of benzene rings is 1. The van der Waals surface area contributed by atoms with E-state index < -0.39 is 14.2 Å². The largest absolute Gasteiger partial charge is 0.469 e. The molecule has 1 aromatic carbocycles. The van der Waals surface area contributed by atoms with Crippen molar-refractivity contribution in [2.75, 3.05) is 20.2 Å². The lowest BCUT2D eigenvalue weighted by atomic mass is 9.86. The lowest BCUT2D eigenvalue weighted by Crippen LogP contribution is -2.32. The molecule has 0 radical (unpaired) electrons. The number of carbonyl (C=O) groups excluding carboxylic acids is 1. The maximum absolute atomic E-state index is 12.3. The zero-order chi connectivity index (χ0) is 19.3. The Morgan fingerprint density at radius 2 is 2.12 bits per heavy atom. The Bertz CT molecular complexity index is 729. The van der Waals surface area contributed by atoms with E-state index in [-0.39, 0.29) is 17.8 Å². The van der Waals surface area contributed by atoms with Crippen LogP contribution in [-0.4, -0.2) is 50.3 Å². The van der Waals surface area contributed by atoms with E-state index in [0.717, 1.165) is 11.1 Å². The number of ether oxygens (including phenoxy) is 1. The minimum atomic E-state index is -1.45. The first kappa shape index (κ1) is 20.1. The fourth-order valence-electron chi connectivity index (χ4n) is 3.17. The van der Waals surface area contributed by atoms with Crippen LogP contribution >= 0.6 is 0 Å². The zero-order valence-electron chi connectivity index (χ0n) is 15.9. The molecule has 1 saturated heterocycles. The van der Waals surface area contributed by atoms with Gasteiger partial charge in [-0.25, -0.2) is 4.79 Å². The SMILES string of the molecule is COC(=O)C(Cc1cccc(C#C[Si](C)(C)C)c1)[C@H]1CCN(C(=O)O)C1. The third-order valence-electron chi connectivity index (χ3n) is 4.53. The predicted octanol–water partition coefficient (Wildman–Crippen LogP) is 3.25. The molecule has 5 nitrogen and oxygen atoms in total. The van der Waals surface area contributed by atoms with Crippen LogP contribution in [0.1, 0.15) is 17.5 Å². The minimum Gasteiger partial charge on any atom is -0.469 e. The molecule has 0 bridgehead atoms. The normalized spacial score (nSPS) is 18.0. The maximum atomic E-state index is 12.3. The molecular formula is C20H27NO4Si. The monoisotopic (exact) mass is 373 g/mol. The van der Waals surface area contributed by atoms with Crippen molar-refractivity contribution in [2.45, 2.75) is 32.5 Å². The summed E-state index contributed by atoms with van der Waals surface area (Å²) in [5, 5.41) is 9.16. The van der Waals surface area contributed by atoms with Gasteiger partial charge in [-0.2, -0.15) is 0 Å². The number of rotatable bonds is 4. The van der Waals surface area contributed by atoms with Gasteiger partial charge in [0.15, 0.2) is 0 Å². The van der Waals surface area contributed by atoms with E-state index in [2.05, 4.69) is 31.1 Å². The molecule has 1 amide bonds. The number of amides is 1. The zero-order valence-corrected chi connectivity index (χ0v) is 16.9. The highest BCUT2D eigenvalue weighted by Gasteiger charge is 2.36. The van der Waals surface area contributed by atoms with Gasteiger partial charge in [-0.05, 0) is 36.5 Å². The second kappa shape index (κ2) is 8.41. The molecule has 1 aliphatic heterocycles. The predicted molar refractivity (Wildman–Crippen MR) is 104 cm³/mol. The number of nitrogens with zero attached hydrogens (tertiary/aromatic N) is 1. The van der Waals surface area contributed by atoms with Gasteiger partial charge >= 0.3 is 12.1 Å². The van der Waals surface area contributed by atoms with Gasteiger partial charge < -0.3 is 14.7 Å². The highest BCUT2D eigenvalue weighted by atomic mass is 28.3. The summed E-state index contributed by atoms with van der Waals surface area (Å²) in [6, 6.07) is 7.94. The van der Waals surface area contributed by atoms with Gasteiger partial charge in [-0.3, -0.25) is 4.79 Å². The molecule has 0 aromatic heterocycles. The molecule has 0 aliphatic carbocycles. The summed E-state index contributed by atoms with van der Waals surface area (Å²) in [6.07, 6.45) is 0.286. The average molecular weight is 374 g/mol. The van der Waals surface area contributed by atoms with Crippen molar-refractivity contribution in [3.63, 3.8) is 0 Å². The topological polar surface area (TPSA) is 66.8 Å². The summed E-state index contributed by atoms with van der Waals surface area (Å²) in [5.74, 6) is 2.60. The number of esters is 1. The number of likely N-dealkylation sites (tertiary alicyclic amines) is 1. The molecule has 1 aromatic rings. The third-order valence-corrected chi connectivity index (χ3v) is 5.41. The van der Waals surface area contributed by atoms with E-state index in [1.165, 1.54) is 12.0 Å². The third kappa shape index (κ3) is 5.63. The Hall–Kier alpha value is -2.26. The second-order valence-electron chi connectivity index (χ2n) is 7.81. The van der Waals surface area contributed by atoms with Crippen LogP contribution in [0.4, 0.5) is 4.79 Å². The van der Waals surface area contributed by atoms with Crippen LogP contribution in [0.25, 0.3) is 0 Å². The molecular weight excluding hydrogens is 346 g/mol. The van der Waals surface area contributed by atoms with E-state index in [9.17, 15) is 9.59 Å². The molecule has 1 fully saturated rings. The van der Waals surface area contributed by atoms with E-state index in [4.69, 9.17) is 9.84 Å². The van der Waals surface area contributed by atoms with Crippen LogP contribution in [0.3, 0.4) is 0 Å². The molecule has 1 N–H and O–H groups in total. The van der Waals surface area contributed by atoms with Crippen molar-refractivity contribution in [1.29, 1.82) is 0 Å². The molecule has 26 heavy (non-hydrogen) atoms. The highest BCUT2D eigenvalue weighted by molar-refractivity contribution is 6.83. The summed E-state index contributed by atoms with van der Waals surface area (Å²) in [5.41, 5.74) is 5.33. The Morgan fingerprint density at radius 3 is 2.69 bits per heavy atom. The lowest BCUT2D eigenvalue weighted by Gasteiger charge is -2.21. The molecule has 1 heterocycles. The molecule has 0 spiro atoms. The Balaban J connectivity index is 2.17. The van der Waals surface area contributed by atoms with Gasteiger partial charge in [0.05, 0.1) is 13.0 Å². The first-order chi connectivity index (χ1) is 12.2. The Labute approximate surface area is 156 Å². The quantitative estimate of drug-likeness (QED) is 0.500. The van der Waals surface area contributed by atoms with E-state index in [0.29, 0.717) is 25.9 Å². The molecule has 1 unspecified atom stereocenters. The number of carboxylic acid groups (broad SMARTS) is 1. The first-order valence-corrected chi connectivity index (χ1v) is 12.4.